The molecule has 6 fully saturated rings. The number of thioether (sulfide) groups is 1. The van der Waals surface area contributed by atoms with Gasteiger partial charge in [0.2, 0.25) is 11.8 Å². The van der Waals surface area contributed by atoms with Crippen LogP contribution >= 0.6 is 11.8 Å². The maximum atomic E-state index is 13.2. The zero-order valence-electron chi connectivity index (χ0n) is 17.5. The van der Waals surface area contributed by atoms with Gasteiger partial charge in [0.25, 0.3) is 0 Å². The molecule has 0 radical (unpaired) electrons. The van der Waals surface area contributed by atoms with Crippen molar-refractivity contribution in [1.82, 2.24) is 16.0 Å². The average Bonchev–Trinajstić information content (AvgIpc) is 3.25. The number of nitrogens with one attached hydrogen (secondary N) is 3. The van der Waals surface area contributed by atoms with Gasteiger partial charge in [0.05, 0.1) is 29.7 Å². The standard InChI is InChI=1S/C20H29F2N3O5S/c1-2-16-23-12(7-31-16)17(27)25-19-8-18(9-19,10-19)24-15(26)6-28-11-3-4-13-14(5-11)30-20(21,22)29-13/h11-14,16,23H,2-10H2,1H3,(H,24,26)(H,25,27). The number of hydrogen-bond acceptors (Lipinski definition) is 7. The number of alkyl halides is 2. The molecule has 0 spiro atoms. The molecule has 0 aromatic carbocycles. The van der Waals surface area contributed by atoms with E-state index in [0.29, 0.717) is 24.6 Å². The first-order chi connectivity index (χ1) is 14.7. The summed E-state index contributed by atoms with van der Waals surface area (Å²) in [5.41, 5.74) is -0.440. The number of hydrogen-bond donors (Lipinski definition) is 3. The normalized spacial score (nSPS) is 44.7. The Bertz CT molecular complexity index is 737. The van der Waals surface area contributed by atoms with Gasteiger partial charge in [-0.15, -0.1) is 20.5 Å². The lowest BCUT2D eigenvalue weighted by atomic mass is 9.44. The highest BCUT2D eigenvalue weighted by molar-refractivity contribution is 8.00. The van der Waals surface area contributed by atoms with Crippen LogP contribution in [0.2, 0.25) is 0 Å². The van der Waals surface area contributed by atoms with Gasteiger partial charge in [-0.05, 0) is 38.5 Å². The fourth-order valence-corrected chi connectivity index (χ4v) is 6.87. The molecular formula is C20H29F2N3O5S. The first-order valence-corrected chi connectivity index (χ1v) is 12.1. The summed E-state index contributed by atoms with van der Waals surface area (Å²) < 4.78 is 41.2. The van der Waals surface area contributed by atoms with E-state index in [-0.39, 0.29) is 41.6 Å². The average molecular weight is 462 g/mol. The van der Waals surface area contributed by atoms with Crippen molar-refractivity contribution in [1.29, 1.82) is 0 Å². The molecule has 4 aliphatic carbocycles. The van der Waals surface area contributed by atoms with Crippen LogP contribution in [-0.2, 0) is 23.8 Å². The van der Waals surface area contributed by atoms with Crippen LogP contribution in [-0.4, -0.2) is 71.3 Å². The van der Waals surface area contributed by atoms with Gasteiger partial charge in [-0.25, -0.2) is 0 Å². The van der Waals surface area contributed by atoms with Crippen molar-refractivity contribution in [3.63, 3.8) is 0 Å². The van der Waals surface area contributed by atoms with E-state index in [1.807, 2.05) is 0 Å². The molecule has 6 rings (SSSR count). The maximum Gasteiger partial charge on any atom is 0.486 e. The maximum absolute atomic E-state index is 13.2. The molecule has 6 aliphatic rings. The highest BCUT2D eigenvalue weighted by Crippen LogP contribution is 2.60. The van der Waals surface area contributed by atoms with Gasteiger partial charge < -0.3 is 15.4 Å². The van der Waals surface area contributed by atoms with Crippen LogP contribution in [0.3, 0.4) is 0 Å². The van der Waals surface area contributed by atoms with Crippen LogP contribution in [0.4, 0.5) is 8.78 Å². The first kappa shape index (κ1) is 21.8. The van der Waals surface area contributed by atoms with Gasteiger partial charge >= 0.3 is 6.29 Å². The van der Waals surface area contributed by atoms with Gasteiger partial charge in [-0.1, -0.05) is 6.92 Å². The molecule has 2 aliphatic heterocycles. The summed E-state index contributed by atoms with van der Waals surface area (Å²) >= 11 is 1.78. The Kier molecular flexibility index (Phi) is 5.48. The van der Waals surface area contributed by atoms with Crippen molar-refractivity contribution in [2.24, 2.45) is 0 Å². The molecule has 2 bridgehead atoms. The summed E-state index contributed by atoms with van der Waals surface area (Å²) in [4.78, 5) is 24.8. The molecule has 2 heterocycles. The van der Waals surface area contributed by atoms with E-state index in [1.165, 1.54) is 0 Å². The summed E-state index contributed by atoms with van der Waals surface area (Å²) in [5, 5.41) is 9.89. The largest absolute Gasteiger partial charge is 0.486 e. The Balaban J connectivity index is 1.01. The van der Waals surface area contributed by atoms with Crippen LogP contribution in [0.5, 0.6) is 0 Å². The Labute approximate surface area is 183 Å². The second-order valence-corrected chi connectivity index (χ2v) is 10.8. The van der Waals surface area contributed by atoms with Crippen molar-refractivity contribution in [3.05, 3.63) is 0 Å². The monoisotopic (exact) mass is 461 g/mol. The molecule has 2 amide bonds. The molecule has 31 heavy (non-hydrogen) atoms. The second kappa shape index (κ2) is 7.79. The zero-order chi connectivity index (χ0) is 21.9. The zero-order valence-corrected chi connectivity index (χ0v) is 18.3. The lowest BCUT2D eigenvalue weighted by Gasteiger charge is -2.70. The minimum Gasteiger partial charge on any atom is -0.368 e. The number of fused-ring (bicyclic) bond motifs is 1. The Morgan fingerprint density at radius 1 is 1.13 bits per heavy atom. The highest BCUT2D eigenvalue weighted by atomic mass is 32.2. The third-order valence-electron chi connectivity index (χ3n) is 7.07. The van der Waals surface area contributed by atoms with E-state index in [4.69, 9.17) is 4.74 Å². The minimum absolute atomic E-state index is 0.0469. The quantitative estimate of drug-likeness (QED) is 0.525. The van der Waals surface area contributed by atoms with E-state index in [1.54, 1.807) is 11.8 Å². The van der Waals surface area contributed by atoms with E-state index < -0.39 is 18.5 Å². The fraction of sp³-hybridized carbons (Fsp3) is 0.900. The summed E-state index contributed by atoms with van der Waals surface area (Å²) in [6.07, 6.45) is -0.654. The van der Waals surface area contributed by atoms with E-state index >= 15 is 0 Å². The van der Waals surface area contributed by atoms with Gasteiger partial charge in [0.15, 0.2) is 0 Å². The molecule has 5 unspecified atom stereocenters. The van der Waals surface area contributed by atoms with Crippen molar-refractivity contribution >= 4 is 23.6 Å². The molecule has 0 aromatic heterocycles. The third kappa shape index (κ3) is 4.31. The summed E-state index contributed by atoms with van der Waals surface area (Å²) in [7, 11) is 0. The lowest BCUT2D eigenvalue weighted by Crippen LogP contribution is -2.84. The second-order valence-electron chi connectivity index (χ2n) is 9.60. The van der Waals surface area contributed by atoms with E-state index in [9.17, 15) is 18.4 Å². The Morgan fingerprint density at radius 2 is 1.84 bits per heavy atom. The van der Waals surface area contributed by atoms with Crippen molar-refractivity contribution < 1.29 is 32.6 Å². The topological polar surface area (TPSA) is 97.9 Å². The summed E-state index contributed by atoms with van der Waals surface area (Å²) in [5.74, 6) is 0.623. The molecule has 5 atom stereocenters. The van der Waals surface area contributed by atoms with Gasteiger partial charge in [0.1, 0.15) is 6.61 Å². The van der Waals surface area contributed by atoms with Crippen LogP contribution in [0.25, 0.3) is 0 Å². The molecule has 4 saturated carbocycles. The van der Waals surface area contributed by atoms with Gasteiger partial charge in [-0.3, -0.25) is 24.4 Å². The third-order valence-corrected chi connectivity index (χ3v) is 8.47. The molecular weight excluding hydrogens is 432 g/mol. The number of amides is 2. The molecule has 11 heteroatoms. The molecule has 174 valence electrons. The number of carbonyl (C=O) groups excluding carboxylic acids is 2. The van der Waals surface area contributed by atoms with Crippen molar-refractivity contribution in [3.8, 4) is 0 Å². The summed E-state index contributed by atoms with van der Waals surface area (Å²) in [6.45, 7) is 1.99. The number of ether oxygens (including phenoxy) is 3. The predicted octanol–water partition coefficient (Wildman–Crippen LogP) is 1.24. The molecule has 3 N–H and O–H groups in total. The summed E-state index contributed by atoms with van der Waals surface area (Å²) in [6, 6.07) is -0.146. The smallest absolute Gasteiger partial charge is 0.368 e. The van der Waals surface area contributed by atoms with Crippen LogP contribution < -0.4 is 16.0 Å². The Morgan fingerprint density at radius 3 is 2.55 bits per heavy atom. The van der Waals surface area contributed by atoms with Gasteiger partial charge in [0, 0.05) is 23.3 Å². The van der Waals surface area contributed by atoms with E-state index in [2.05, 4.69) is 32.3 Å². The van der Waals surface area contributed by atoms with Crippen molar-refractivity contribution in [2.45, 2.75) is 99.0 Å². The fourth-order valence-electron chi connectivity index (χ4n) is 5.70. The number of carbonyl (C=O) groups is 2. The predicted molar refractivity (Wildman–Crippen MR) is 107 cm³/mol. The van der Waals surface area contributed by atoms with Crippen LogP contribution in [0.1, 0.15) is 51.9 Å². The number of halogens is 2. The molecule has 0 aromatic rings. The molecule has 2 saturated heterocycles. The number of rotatable bonds is 7. The lowest BCUT2D eigenvalue weighted by molar-refractivity contribution is -0.351. The van der Waals surface area contributed by atoms with Crippen LogP contribution in [0.15, 0.2) is 0 Å². The first-order valence-electron chi connectivity index (χ1n) is 11.0. The highest BCUT2D eigenvalue weighted by Gasteiger charge is 2.69. The van der Waals surface area contributed by atoms with Crippen molar-refractivity contribution in [2.75, 3.05) is 12.4 Å². The SMILES string of the molecule is CCC1NC(C(=O)NC23CC(NC(=O)COC4CCC5OC(F)(F)OC5C4)(C2)C3)CS1. The van der Waals surface area contributed by atoms with Crippen LogP contribution in [0, 0.1) is 0 Å². The Hall–Kier alpha value is -1.01. The molecule has 8 nitrogen and oxygen atoms in total. The van der Waals surface area contributed by atoms with Gasteiger partial charge in [-0.2, -0.15) is 0 Å². The minimum atomic E-state index is -3.53. The van der Waals surface area contributed by atoms with E-state index in [0.717, 1.165) is 31.4 Å².